The summed E-state index contributed by atoms with van der Waals surface area (Å²) >= 11 is 0. The fourth-order valence-electron chi connectivity index (χ4n) is 5.38. The maximum Gasteiger partial charge on any atom is 0.151 e. The van der Waals surface area contributed by atoms with Crippen LogP contribution in [-0.4, -0.2) is 6.29 Å². The van der Waals surface area contributed by atoms with E-state index in [4.69, 9.17) is 0 Å². The Hall–Kier alpha value is -5.01. The van der Waals surface area contributed by atoms with Crippen molar-refractivity contribution < 1.29 is 4.79 Å². The van der Waals surface area contributed by atoms with Crippen LogP contribution in [0.3, 0.4) is 0 Å². The minimum Gasteiger partial charge on any atom is -0.298 e. The molecule has 1 nitrogen and oxygen atoms in total. The molecule has 0 heterocycles. The normalized spacial score (nSPS) is 10.7. The minimum atomic E-state index is 0.694. The zero-order chi connectivity index (χ0) is 25.7. The Kier molecular flexibility index (Phi) is 6.49. The number of benzene rings is 6. The van der Waals surface area contributed by atoms with Crippen molar-refractivity contribution in [2.45, 2.75) is 0 Å². The lowest BCUT2D eigenvalue weighted by molar-refractivity contribution is 0.112. The topological polar surface area (TPSA) is 17.1 Å². The zero-order valence-corrected chi connectivity index (χ0v) is 20.9. The van der Waals surface area contributed by atoms with E-state index in [1.165, 1.54) is 0 Å². The first-order chi connectivity index (χ1) is 18.9. The molecule has 6 aromatic rings. The van der Waals surface area contributed by atoms with Crippen LogP contribution < -0.4 is 0 Å². The van der Waals surface area contributed by atoms with Crippen molar-refractivity contribution in [1.29, 1.82) is 0 Å². The molecule has 1 heteroatoms. The second-order valence-corrected chi connectivity index (χ2v) is 9.24. The summed E-state index contributed by atoms with van der Waals surface area (Å²) in [7, 11) is 0. The molecule has 0 saturated carbocycles. The smallest absolute Gasteiger partial charge is 0.151 e. The molecule has 0 aliphatic rings. The Labute approximate surface area is 223 Å². The molecule has 0 N–H and O–H groups in total. The van der Waals surface area contributed by atoms with Gasteiger partial charge in [0.2, 0.25) is 0 Å². The molecule has 0 bridgehead atoms. The van der Waals surface area contributed by atoms with Crippen LogP contribution in [-0.2, 0) is 0 Å². The van der Waals surface area contributed by atoms with Crippen molar-refractivity contribution in [3.8, 4) is 55.6 Å². The molecule has 6 rings (SSSR count). The second kappa shape index (κ2) is 10.5. The number of aldehydes is 1. The van der Waals surface area contributed by atoms with Crippen molar-refractivity contribution >= 4 is 6.29 Å². The highest BCUT2D eigenvalue weighted by Gasteiger charge is 2.27. The van der Waals surface area contributed by atoms with Gasteiger partial charge in [0.05, 0.1) is 0 Å². The third kappa shape index (κ3) is 4.25. The molecule has 0 saturated heterocycles. The van der Waals surface area contributed by atoms with Crippen LogP contribution in [0.15, 0.2) is 152 Å². The van der Waals surface area contributed by atoms with E-state index in [0.717, 1.165) is 61.9 Å². The number of hydrogen-bond donors (Lipinski definition) is 0. The molecule has 0 atom stereocenters. The molecule has 180 valence electrons. The van der Waals surface area contributed by atoms with Gasteiger partial charge in [0.15, 0.2) is 6.29 Å². The molecule has 0 unspecified atom stereocenters. The van der Waals surface area contributed by atoms with Crippen LogP contribution >= 0.6 is 0 Å². The van der Waals surface area contributed by atoms with Crippen LogP contribution in [0.1, 0.15) is 10.4 Å². The van der Waals surface area contributed by atoms with Gasteiger partial charge in [-0.05, 0) is 44.5 Å². The summed E-state index contributed by atoms with van der Waals surface area (Å²) < 4.78 is 0. The van der Waals surface area contributed by atoms with Gasteiger partial charge in [-0.3, -0.25) is 4.79 Å². The predicted octanol–water partition coefficient (Wildman–Crippen LogP) is 9.83. The fourth-order valence-corrected chi connectivity index (χ4v) is 5.38. The SMILES string of the molecule is O=Cc1c(-c2ccccc2)c(-c2ccccc2)c(-c2ccccc2)c(-c2ccccc2)c1-c1ccccc1. The van der Waals surface area contributed by atoms with E-state index in [1.807, 2.05) is 54.6 Å². The monoisotopic (exact) mass is 486 g/mol. The van der Waals surface area contributed by atoms with Crippen molar-refractivity contribution in [2.24, 2.45) is 0 Å². The lowest BCUT2D eigenvalue weighted by Gasteiger charge is -2.26. The zero-order valence-electron chi connectivity index (χ0n) is 20.9. The van der Waals surface area contributed by atoms with Crippen LogP contribution in [0.5, 0.6) is 0 Å². The molecular formula is C37H26O. The Bertz CT molecular complexity index is 1570. The van der Waals surface area contributed by atoms with Gasteiger partial charge in [0.1, 0.15) is 0 Å². The van der Waals surface area contributed by atoms with Crippen molar-refractivity contribution in [3.05, 3.63) is 157 Å². The summed E-state index contributed by atoms with van der Waals surface area (Å²) in [6.07, 6.45) is 1.04. The maximum absolute atomic E-state index is 13.2. The van der Waals surface area contributed by atoms with E-state index < -0.39 is 0 Å². The molecule has 0 aromatic heterocycles. The van der Waals surface area contributed by atoms with E-state index in [9.17, 15) is 4.79 Å². The van der Waals surface area contributed by atoms with Crippen LogP contribution in [0, 0.1) is 0 Å². The lowest BCUT2D eigenvalue weighted by atomic mass is 9.76. The second-order valence-electron chi connectivity index (χ2n) is 9.24. The predicted molar refractivity (Wildman–Crippen MR) is 159 cm³/mol. The summed E-state index contributed by atoms with van der Waals surface area (Å²) in [5.74, 6) is 0. The third-order valence-corrected chi connectivity index (χ3v) is 6.97. The Morgan fingerprint density at radius 3 is 0.737 bits per heavy atom. The average Bonchev–Trinajstić information content (AvgIpc) is 3.01. The van der Waals surface area contributed by atoms with E-state index in [1.54, 1.807) is 0 Å². The third-order valence-electron chi connectivity index (χ3n) is 6.97. The quantitative estimate of drug-likeness (QED) is 0.214. The summed E-state index contributed by atoms with van der Waals surface area (Å²) in [6, 6.07) is 52.0. The van der Waals surface area contributed by atoms with E-state index in [-0.39, 0.29) is 0 Å². The first-order valence-corrected chi connectivity index (χ1v) is 12.8. The summed E-state index contributed by atoms with van der Waals surface area (Å²) in [5, 5.41) is 0. The molecule has 6 aromatic carbocycles. The minimum absolute atomic E-state index is 0.694. The maximum atomic E-state index is 13.2. The largest absolute Gasteiger partial charge is 0.298 e. The highest BCUT2D eigenvalue weighted by molar-refractivity contribution is 6.14. The van der Waals surface area contributed by atoms with Gasteiger partial charge in [0.25, 0.3) is 0 Å². The molecule has 0 fully saturated rings. The molecular weight excluding hydrogens is 460 g/mol. The Morgan fingerprint density at radius 1 is 0.289 bits per heavy atom. The van der Waals surface area contributed by atoms with Crippen LogP contribution in [0.2, 0.25) is 0 Å². The lowest BCUT2D eigenvalue weighted by Crippen LogP contribution is -2.03. The summed E-state index contributed by atoms with van der Waals surface area (Å²) in [6.45, 7) is 0. The van der Waals surface area contributed by atoms with Gasteiger partial charge in [-0.25, -0.2) is 0 Å². The standard InChI is InChI=1S/C37H26O/c38-26-32-33(27-16-6-1-7-17-27)35(29-20-10-3-11-21-29)37(31-24-14-5-15-25-31)36(30-22-12-4-13-23-30)34(32)28-18-8-2-9-19-28/h1-26H. The van der Waals surface area contributed by atoms with E-state index in [0.29, 0.717) is 5.56 Å². The molecule has 0 aliphatic carbocycles. The van der Waals surface area contributed by atoms with E-state index >= 15 is 0 Å². The van der Waals surface area contributed by atoms with Crippen molar-refractivity contribution in [3.63, 3.8) is 0 Å². The van der Waals surface area contributed by atoms with Gasteiger partial charge in [-0.1, -0.05) is 152 Å². The van der Waals surface area contributed by atoms with Crippen LogP contribution in [0.4, 0.5) is 0 Å². The number of hydrogen-bond acceptors (Lipinski definition) is 1. The van der Waals surface area contributed by atoms with Gasteiger partial charge in [0, 0.05) is 16.7 Å². The van der Waals surface area contributed by atoms with Gasteiger partial charge >= 0.3 is 0 Å². The number of carbonyl (C=O) groups excluding carboxylic acids is 1. The summed E-state index contributed by atoms with van der Waals surface area (Å²) in [4.78, 5) is 13.2. The fraction of sp³-hybridized carbons (Fsp3) is 0. The Morgan fingerprint density at radius 2 is 0.500 bits per heavy atom. The first-order valence-electron chi connectivity index (χ1n) is 12.8. The molecule has 0 amide bonds. The summed E-state index contributed by atoms with van der Waals surface area (Å²) in [5.41, 5.74) is 11.1. The molecule has 0 aliphatic heterocycles. The van der Waals surface area contributed by atoms with Crippen molar-refractivity contribution in [1.82, 2.24) is 0 Å². The number of rotatable bonds is 6. The first kappa shape index (κ1) is 23.4. The highest BCUT2D eigenvalue weighted by Crippen LogP contribution is 2.52. The molecule has 0 spiro atoms. The van der Waals surface area contributed by atoms with Gasteiger partial charge in [-0.2, -0.15) is 0 Å². The van der Waals surface area contributed by atoms with Gasteiger partial charge < -0.3 is 0 Å². The molecule has 38 heavy (non-hydrogen) atoms. The highest BCUT2D eigenvalue weighted by atomic mass is 16.1. The van der Waals surface area contributed by atoms with Gasteiger partial charge in [-0.15, -0.1) is 0 Å². The Balaban J connectivity index is 1.92. The average molecular weight is 487 g/mol. The van der Waals surface area contributed by atoms with E-state index in [2.05, 4.69) is 97.1 Å². The van der Waals surface area contributed by atoms with Crippen LogP contribution in [0.25, 0.3) is 55.6 Å². The molecule has 0 radical (unpaired) electrons. The number of carbonyl (C=O) groups is 1. The van der Waals surface area contributed by atoms with Crippen molar-refractivity contribution in [2.75, 3.05) is 0 Å².